The summed E-state index contributed by atoms with van der Waals surface area (Å²) in [6, 6.07) is 9.02. The first-order valence-corrected chi connectivity index (χ1v) is 11.2. The van der Waals surface area contributed by atoms with Crippen LogP contribution >= 0.6 is 24.0 Å². The highest BCUT2D eigenvalue weighted by Crippen LogP contribution is 2.13. The standard InChI is InChI=1S/C23H39N5.HI/c1-20(18-27-12-4-3-5-13-27)16-25-23(24-2)26-17-21-8-10-22(11-9-21)19-28-14-6-7-15-28;/h8-11,20H,3-7,12-19H2,1-2H3,(H2,24,25,26);1H. The van der Waals surface area contributed by atoms with Crippen LogP contribution in [0.25, 0.3) is 0 Å². The van der Waals surface area contributed by atoms with Gasteiger partial charge in [0.2, 0.25) is 0 Å². The second kappa shape index (κ2) is 13.4. The van der Waals surface area contributed by atoms with Crippen LogP contribution in [0, 0.1) is 5.92 Å². The van der Waals surface area contributed by atoms with Crippen LogP contribution in [0.2, 0.25) is 0 Å². The number of piperidine rings is 1. The topological polar surface area (TPSA) is 42.9 Å². The summed E-state index contributed by atoms with van der Waals surface area (Å²) in [4.78, 5) is 9.53. The summed E-state index contributed by atoms with van der Waals surface area (Å²) < 4.78 is 0. The number of rotatable bonds is 8. The molecule has 1 aromatic carbocycles. The molecule has 5 nitrogen and oxygen atoms in total. The number of likely N-dealkylation sites (tertiary alicyclic amines) is 2. The van der Waals surface area contributed by atoms with Gasteiger partial charge in [0.1, 0.15) is 0 Å². The summed E-state index contributed by atoms with van der Waals surface area (Å²) in [7, 11) is 1.85. The van der Waals surface area contributed by atoms with Crippen LogP contribution in [0.4, 0.5) is 0 Å². The van der Waals surface area contributed by atoms with Crippen LogP contribution in [0.5, 0.6) is 0 Å². The van der Waals surface area contributed by atoms with Gasteiger partial charge < -0.3 is 15.5 Å². The number of guanidine groups is 1. The molecular weight excluding hydrogens is 473 g/mol. The molecule has 1 unspecified atom stereocenters. The molecule has 1 aromatic rings. The van der Waals surface area contributed by atoms with E-state index in [0.717, 1.165) is 25.6 Å². The van der Waals surface area contributed by atoms with E-state index in [0.29, 0.717) is 5.92 Å². The van der Waals surface area contributed by atoms with Crippen molar-refractivity contribution >= 4 is 29.9 Å². The Morgan fingerprint density at radius 2 is 1.48 bits per heavy atom. The molecule has 0 aliphatic carbocycles. The molecule has 2 N–H and O–H groups in total. The van der Waals surface area contributed by atoms with Crippen molar-refractivity contribution in [1.29, 1.82) is 0 Å². The summed E-state index contributed by atoms with van der Waals surface area (Å²) in [5, 5.41) is 6.95. The molecule has 164 valence electrons. The molecule has 0 saturated carbocycles. The van der Waals surface area contributed by atoms with E-state index in [1.165, 1.54) is 76.0 Å². The molecule has 2 fully saturated rings. The molecule has 6 heteroatoms. The number of nitrogens with zero attached hydrogens (tertiary/aromatic N) is 3. The first-order chi connectivity index (χ1) is 13.7. The Balaban J connectivity index is 0.00000300. The lowest BCUT2D eigenvalue weighted by molar-refractivity contribution is 0.201. The minimum atomic E-state index is 0. The molecule has 0 spiro atoms. The monoisotopic (exact) mass is 513 g/mol. The van der Waals surface area contributed by atoms with E-state index in [1.807, 2.05) is 7.05 Å². The Kier molecular flexibility index (Phi) is 11.3. The Hall–Kier alpha value is -0.860. The number of halogens is 1. The van der Waals surface area contributed by atoms with Crippen molar-refractivity contribution in [3.63, 3.8) is 0 Å². The molecule has 0 aromatic heterocycles. The zero-order chi connectivity index (χ0) is 19.6. The van der Waals surface area contributed by atoms with Gasteiger partial charge in [0.25, 0.3) is 0 Å². The second-order valence-electron chi connectivity index (χ2n) is 8.57. The van der Waals surface area contributed by atoms with E-state index in [9.17, 15) is 0 Å². The third kappa shape index (κ3) is 8.80. The number of aliphatic imine (C=N–C) groups is 1. The highest BCUT2D eigenvalue weighted by atomic mass is 127. The first-order valence-electron chi connectivity index (χ1n) is 11.2. The lowest BCUT2D eigenvalue weighted by atomic mass is 10.1. The average molecular weight is 514 g/mol. The van der Waals surface area contributed by atoms with Crippen molar-refractivity contribution in [3.05, 3.63) is 35.4 Å². The minimum absolute atomic E-state index is 0. The predicted octanol–water partition coefficient (Wildman–Crippen LogP) is 3.69. The van der Waals surface area contributed by atoms with Gasteiger partial charge in [-0.05, 0) is 68.9 Å². The third-order valence-corrected chi connectivity index (χ3v) is 5.95. The molecule has 0 bridgehead atoms. The van der Waals surface area contributed by atoms with Gasteiger partial charge in [-0.3, -0.25) is 9.89 Å². The second-order valence-corrected chi connectivity index (χ2v) is 8.57. The molecule has 0 radical (unpaired) electrons. The van der Waals surface area contributed by atoms with E-state index in [2.05, 4.69) is 56.6 Å². The van der Waals surface area contributed by atoms with Crippen LogP contribution in [0.3, 0.4) is 0 Å². The van der Waals surface area contributed by atoms with Gasteiger partial charge >= 0.3 is 0 Å². The van der Waals surface area contributed by atoms with Crippen molar-refractivity contribution in [2.24, 2.45) is 10.9 Å². The normalized spacial score (nSPS) is 19.6. The van der Waals surface area contributed by atoms with Crippen molar-refractivity contribution < 1.29 is 0 Å². The predicted molar refractivity (Wildman–Crippen MR) is 134 cm³/mol. The zero-order valence-electron chi connectivity index (χ0n) is 18.3. The van der Waals surface area contributed by atoms with Crippen molar-refractivity contribution in [2.75, 3.05) is 46.3 Å². The smallest absolute Gasteiger partial charge is 0.191 e. The Labute approximate surface area is 194 Å². The fraction of sp³-hybridized carbons (Fsp3) is 0.696. The third-order valence-electron chi connectivity index (χ3n) is 5.95. The molecule has 2 aliphatic heterocycles. The molecule has 0 amide bonds. The maximum absolute atomic E-state index is 4.38. The largest absolute Gasteiger partial charge is 0.356 e. The maximum Gasteiger partial charge on any atom is 0.191 e. The van der Waals surface area contributed by atoms with Crippen LogP contribution in [0.15, 0.2) is 29.3 Å². The molecule has 2 saturated heterocycles. The number of hydrogen-bond donors (Lipinski definition) is 2. The summed E-state index contributed by atoms with van der Waals surface area (Å²) in [5.41, 5.74) is 2.72. The fourth-order valence-corrected chi connectivity index (χ4v) is 4.29. The van der Waals surface area contributed by atoms with E-state index in [-0.39, 0.29) is 24.0 Å². The molecule has 2 aliphatic rings. The Bertz CT molecular complexity index is 592. The molecule has 29 heavy (non-hydrogen) atoms. The average Bonchev–Trinajstić information content (AvgIpc) is 3.23. The lowest BCUT2D eigenvalue weighted by Gasteiger charge is -2.29. The van der Waals surface area contributed by atoms with Gasteiger partial charge in [-0.15, -0.1) is 24.0 Å². The summed E-state index contributed by atoms with van der Waals surface area (Å²) >= 11 is 0. The quantitative estimate of drug-likeness (QED) is 0.316. The first kappa shape index (κ1) is 24.4. The van der Waals surface area contributed by atoms with E-state index in [4.69, 9.17) is 0 Å². The SMILES string of the molecule is CN=C(NCc1ccc(CN2CCCC2)cc1)NCC(C)CN1CCCCC1.I. The summed E-state index contributed by atoms with van der Waals surface area (Å²) in [6.45, 7) is 11.4. The Morgan fingerprint density at radius 1 is 0.897 bits per heavy atom. The van der Waals surface area contributed by atoms with E-state index in [1.54, 1.807) is 0 Å². The van der Waals surface area contributed by atoms with Crippen LogP contribution in [-0.4, -0.2) is 62.1 Å². The molecule has 3 rings (SSSR count). The van der Waals surface area contributed by atoms with Crippen molar-refractivity contribution in [2.45, 2.75) is 52.1 Å². The maximum atomic E-state index is 4.38. The number of nitrogens with one attached hydrogen (secondary N) is 2. The number of benzene rings is 1. The highest BCUT2D eigenvalue weighted by Gasteiger charge is 2.14. The molecular formula is C23H40IN5. The fourth-order valence-electron chi connectivity index (χ4n) is 4.29. The molecule has 2 heterocycles. The van der Waals surface area contributed by atoms with Crippen LogP contribution < -0.4 is 10.6 Å². The zero-order valence-corrected chi connectivity index (χ0v) is 20.7. The summed E-state index contributed by atoms with van der Waals surface area (Å²) in [5.74, 6) is 1.52. The van der Waals surface area contributed by atoms with Gasteiger partial charge in [0.05, 0.1) is 0 Å². The van der Waals surface area contributed by atoms with Crippen molar-refractivity contribution in [3.8, 4) is 0 Å². The van der Waals surface area contributed by atoms with Gasteiger partial charge in [-0.2, -0.15) is 0 Å². The van der Waals surface area contributed by atoms with Gasteiger partial charge in [-0.25, -0.2) is 0 Å². The van der Waals surface area contributed by atoms with E-state index >= 15 is 0 Å². The van der Waals surface area contributed by atoms with Crippen LogP contribution in [0.1, 0.15) is 50.2 Å². The highest BCUT2D eigenvalue weighted by molar-refractivity contribution is 14.0. The van der Waals surface area contributed by atoms with Gasteiger partial charge in [0, 0.05) is 33.2 Å². The lowest BCUT2D eigenvalue weighted by Crippen LogP contribution is -2.42. The van der Waals surface area contributed by atoms with Gasteiger partial charge in [-0.1, -0.05) is 37.6 Å². The van der Waals surface area contributed by atoms with Crippen molar-refractivity contribution in [1.82, 2.24) is 20.4 Å². The summed E-state index contributed by atoms with van der Waals surface area (Å²) in [6.07, 6.45) is 6.83. The molecule has 1 atom stereocenters. The van der Waals surface area contributed by atoms with Gasteiger partial charge in [0.15, 0.2) is 5.96 Å². The van der Waals surface area contributed by atoms with Crippen LogP contribution in [-0.2, 0) is 13.1 Å². The number of hydrogen-bond acceptors (Lipinski definition) is 3. The Morgan fingerprint density at radius 3 is 2.14 bits per heavy atom. The minimum Gasteiger partial charge on any atom is -0.356 e. The van der Waals surface area contributed by atoms with E-state index < -0.39 is 0 Å².